The van der Waals surface area contributed by atoms with Gasteiger partial charge in [-0.15, -0.1) is 0 Å². The number of fused-ring (bicyclic) bond motifs is 1. The van der Waals surface area contributed by atoms with E-state index in [-0.39, 0.29) is 11.5 Å². The van der Waals surface area contributed by atoms with Crippen LogP contribution in [-0.2, 0) is 14.3 Å². The molecule has 4 unspecified atom stereocenters. The predicted molar refractivity (Wildman–Crippen MR) is 56.7 cm³/mol. The normalized spacial score (nSPS) is 37.7. The minimum Gasteiger partial charge on any atom is -0.478 e. The number of rotatable bonds is 1. The first-order valence-electron chi connectivity index (χ1n) is 5.58. The van der Waals surface area contributed by atoms with Crippen molar-refractivity contribution in [3.63, 3.8) is 0 Å². The van der Waals surface area contributed by atoms with Crippen molar-refractivity contribution < 1.29 is 19.4 Å². The first-order valence-corrected chi connectivity index (χ1v) is 5.58. The fourth-order valence-electron chi connectivity index (χ4n) is 2.93. The van der Waals surface area contributed by atoms with Gasteiger partial charge in [0.1, 0.15) is 6.10 Å². The third kappa shape index (κ3) is 1.84. The van der Waals surface area contributed by atoms with E-state index in [1.54, 1.807) is 0 Å². The van der Waals surface area contributed by atoms with Crippen molar-refractivity contribution in [2.75, 3.05) is 0 Å². The highest BCUT2D eigenvalue weighted by atomic mass is 16.6. The van der Waals surface area contributed by atoms with Gasteiger partial charge in [0, 0.05) is 11.5 Å². The number of esters is 1. The lowest BCUT2D eigenvalue weighted by Crippen LogP contribution is -2.15. The van der Waals surface area contributed by atoms with Crippen LogP contribution >= 0.6 is 0 Å². The van der Waals surface area contributed by atoms with Gasteiger partial charge < -0.3 is 9.84 Å². The molecule has 1 heterocycles. The van der Waals surface area contributed by atoms with Crippen molar-refractivity contribution in [2.45, 2.75) is 32.3 Å². The highest BCUT2D eigenvalue weighted by Crippen LogP contribution is 2.54. The molecule has 0 radical (unpaired) electrons. The molecule has 3 rings (SSSR count). The molecule has 3 fully saturated rings. The lowest BCUT2D eigenvalue weighted by Gasteiger charge is -2.11. The Balaban J connectivity index is 0.000000142. The van der Waals surface area contributed by atoms with Gasteiger partial charge in [0.2, 0.25) is 0 Å². The van der Waals surface area contributed by atoms with Crippen LogP contribution in [0.5, 0.6) is 0 Å². The molecule has 4 atom stereocenters. The van der Waals surface area contributed by atoms with E-state index in [0.717, 1.165) is 18.8 Å². The second kappa shape index (κ2) is 3.92. The van der Waals surface area contributed by atoms with Crippen molar-refractivity contribution in [2.24, 2.45) is 17.8 Å². The number of carboxylic acids is 1. The second-order valence-corrected chi connectivity index (χ2v) is 4.90. The van der Waals surface area contributed by atoms with E-state index in [1.807, 2.05) is 0 Å². The maximum atomic E-state index is 11.1. The Morgan fingerprint density at radius 1 is 1.44 bits per heavy atom. The summed E-state index contributed by atoms with van der Waals surface area (Å²) >= 11 is 0. The first kappa shape index (κ1) is 11.2. The maximum absolute atomic E-state index is 11.1. The molecule has 0 aromatic heterocycles. The average molecular weight is 224 g/mol. The van der Waals surface area contributed by atoms with E-state index >= 15 is 0 Å². The van der Waals surface area contributed by atoms with Crippen LogP contribution in [0.4, 0.5) is 0 Å². The van der Waals surface area contributed by atoms with Crippen LogP contribution in [0.1, 0.15) is 26.2 Å². The van der Waals surface area contributed by atoms with E-state index in [1.165, 1.54) is 13.3 Å². The van der Waals surface area contributed by atoms with Gasteiger partial charge in [-0.3, -0.25) is 4.79 Å². The lowest BCUT2D eigenvalue weighted by atomic mass is 9.90. The second-order valence-electron chi connectivity index (χ2n) is 4.90. The average Bonchev–Trinajstić information content (AvgIpc) is 2.79. The minimum atomic E-state index is -0.935. The summed E-state index contributed by atoms with van der Waals surface area (Å²) in [6.07, 6.45) is 3.88. The first-order chi connectivity index (χ1) is 7.49. The van der Waals surface area contributed by atoms with Crippen LogP contribution < -0.4 is 0 Å². The molecule has 4 heteroatoms. The third-order valence-corrected chi connectivity index (χ3v) is 3.69. The van der Waals surface area contributed by atoms with Crippen LogP contribution in [0.15, 0.2) is 12.2 Å². The molecule has 0 spiro atoms. The van der Waals surface area contributed by atoms with Gasteiger partial charge in [-0.2, -0.15) is 0 Å². The highest BCUT2D eigenvalue weighted by Gasteiger charge is 2.56. The summed E-state index contributed by atoms with van der Waals surface area (Å²) < 4.78 is 5.20. The summed E-state index contributed by atoms with van der Waals surface area (Å²) in [5.41, 5.74) is 0.176. The van der Waals surface area contributed by atoms with Crippen LogP contribution in [-0.4, -0.2) is 23.1 Å². The van der Waals surface area contributed by atoms with Crippen LogP contribution in [0.25, 0.3) is 0 Å². The third-order valence-electron chi connectivity index (χ3n) is 3.69. The van der Waals surface area contributed by atoms with Crippen molar-refractivity contribution in [3.8, 4) is 0 Å². The predicted octanol–water partition coefficient (Wildman–Crippen LogP) is 1.60. The van der Waals surface area contributed by atoms with Gasteiger partial charge in [-0.05, 0) is 32.1 Å². The van der Waals surface area contributed by atoms with Crippen LogP contribution in [0.3, 0.4) is 0 Å². The smallest absolute Gasteiger partial charge is 0.330 e. The number of aliphatic carboxylic acids is 1. The summed E-state index contributed by atoms with van der Waals surface area (Å²) in [4.78, 5) is 20.7. The number of hydrogen-bond acceptors (Lipinski definition) is 3. The van der Waals surface area contributed by atoms with E-state index in [9.17, 15) is 9.59 Å². The molecular formula is C12H16O4. The topological polar surface area (TPSA) is 63.6 Å². The fraction of sp³-hybridized carbons (Fsp3) is 0.667. The Morgan fingerprint density at radius 3 is 2.44 bits per heavy atom. The van der Waals surface area contributed by atoms with Crippen molar-refractivity contribution >= 4 is 11.9 Å². The number of hydrogen-bond donors (Lipinski definition) is 1. The molecule has 1 aliphatic heterocycles. The lowest BCUT2D eigenvalue weighted by molar-refractivity contribution is -0.143. The maximum Gasteiger partial charge on any atom is 0.330 e. The number of carbonyl (C=O) groups is 2. The summed E-state index contributed by atoms with van der Waals surface area (Å²) in [5, 5.41) is 7.89. The number of carboxylic acid groups (broad SMARTS) is 1. The van der Waals surface area contributed by atoms with E-state index in [0.29, 0.717) is 17.9 Å². The summed E-state index contributed by atoms with van der Waals surface area (Å²) in [6, 6.07) is 0. The molecule has 4 nitrogen and oxygen atoms in total. The van der Waals surface area contributed by atoms with Crippen molar-refractivity contribution in [1.82, 2.24) is 0 Å². The number of carbonyl (C=O) groups excluding carboxylic acids is 1. The molecule has 2 aliphatic carbocycles. The van der Waals surface area contributed by atoms with E-state index in [4.69, 9.17) is 9.84 Å². The fourth-order valence-corrected chi connectivity index (χ4v) is 2.93. The summed E-state index contributed by atoms with van der Waals surface area (Å²) in [7, 11) is 0. The molecule has 88 valence electrons. The molecular weight excluding hydrogens is 208 g/mol. The Labute approximate surface area is 94.3 Å². The molecule has 2 saturated carbocycles. The summed E-state index contributed by atoms with van der Waals surface area (Å²) in [6.45, 7) is 4.60. The van der Waals surface area contributed by atoms with E-state index < -0.39 is 5.97 Å². The largest absolute Gasteiger partial charge is 0.478 e. The summed E-state index contributed by atoms with van der Waals surface area (Å²) in [5.74, 6) is 0.915. The van der Waals surface area contributed by atoms with Gasteiger partial charge in [-0.1, -0.05) is 6.58 Å². The van der Waals surface area contributed by atoms with Crippen LogP contribution in [0, 0.1) is 17.8 Å². The standard InChI is InChI=1S/C8H10O2.C4H6O2/c9-8-6-2-4-1-5(6)7(3-4)10-8;1-3(2)4(5)6/h4-7H,1-3H2;1H2,2H3,(H,5,6). The molecule has 1 saturated heterocycles. The van der Waals surface area contributed by atoms with Gasteiger partial charge in [0.15, 0.2) is 0 Å². The monoisotopic (exact) mass is 224 g/mol. The van der Waals surface area contributed by atoms with Crippen molar-refractivity contribution in [1.29, 1.82) is 0 Å². The van der Waals surface area contributed by atoms with Gasteiger partial charge in [-0.25, -0.2) is 4.79 Å². The van der Waals surface area contributed by atoms with E-state index in [2.05, 4.69) is 6.58 Å². The zero-order valence-corrected chi connectivity index (χ0v) is 9.31. The minimum absolute atomic E-state index is 0.0926. The van der Waals surface area contributed by atoms with Gasteiger partial charge in [0.25, 0.3) is 0 Å². The van der Waals surface area contributed by atoms with Crippen molar-refractivity contribution in [3.05, 3.63) is 12.2 Å². The SMILES string of the molecule is C=C(C)C(=O)O.O=C1OC2CC3CC1C2C3. The molecule has 0 aromatic rings. The molecule has 1 N–H and O–H groups in total. The van der Waals surface area contributed by atoms with Gasteiger partial charge in [0.05, 0.1) is 5.92 Å². The molecule has 16 heavy (non-hydrogen) atoms. The van der Waals surface area contributed by atoms with Gasteiger partial charge >= 0.3 is 11.9 Å². The zero-order valence-electron chi connectivity index (χ0n) is 9.31. The quantitative estimate of drug-likeness (QED) is 0.543. The Kier molecular flexibility index (Phi) is 2.74. The Hall–Kier alpha value is -1.32. The molecule has 3 aliphatic rings. The molecule has 0 amide bonds. The molecule has 2 bridgehead atoms. The Bertz CT molecular complexity index is 333. The Morgan fingerprint density at radius 2 is 2.06 bits per heavy atom. The molecule has 0 aromatic carbocycles. The van der Waals surface area contributed by atoms with Crippen LogP contribution in [0.2, 0.25) is 0 Å². The zero-order chi connectivity index (χ0) is 11.9. The number of ether oxygens (including phenoxy) is 1. The highest BCUT2D eigenvalue weighted by molar-refractivity contribution is 5.84.